The van der Waals surface area contributed by atoms with Crippen molar-refractivity contribution in [1.82, 2.24) is 20.4 Å². The van der Waals surface area contributed by atoms with Crippen LogP contribution in [0.1, 0.15) is 31.9 Å². The number of aromatic nitrogens is 4. The van der Waals surface area contributed by atoms with Gasteiger partial charge in [-0.3, -0.25) is 9.36 Å². The topological polar surface area (TPSA) is 124 Å². The van der Waals surface area contributed by atoms with Crippen LogP contribution in [-0.4, -0.2) is 44.7 Å². The largest absolute Gasteiger partial charge is 0.481 e. The third-order valence-corrected chi connectivity index (χ3v) is 4.08. The number of carboxylic acid groups (broad SMARTS) is 1. The summed E-state index contributed by atoms with van der Waals surface area (Å²) in [4.78, 5) is 10.4. The lowest BCUT2D eigenvalue weighted by Crippen LogP contribution is -2.09. The SMILES string of the molecule is CCOP(=O)(Cc1nnc(CCC(=O)O)nn1)OCC. The highest BCUT2D eigenvalue weighted by Crippen LogP contribution is 2.50. The van der Waals surface area contributed by atoms with Gasteiger partial charge in [-0.25, -0.2) is 0 Å². The first-order valence-electron chi connectivity index (χ1n) is 6.14. The molecule has 0 aliphatic heterocycles. The van der Waals surface area contributed by atoms with Crippen LogP contribution in [0.3, 0.4) is 0 Å². The number of hydrogen-bond acceptors (Lipinski definition) is 8. The lowest BCUT2D eigenvalue weighted by molar-refractivity contribution is -0.137. The molecule has 0 aliphatic carbocycles. The summed E-state index contributed by atoms with van der Waals surface area (Å²) in [5, 5.41) is 23.5. The number of hydrogen-bond donors (Lipinski definition) is 1. The van der Waals surface area contributed by atoms with E-state index in [9.17, 15) is 9.36 Å². The van der Waals surface area contributed by atoms with E-state index in [1.165, 1.54) is 0 Å². The minimum Gasteiger partial charge on any atom is -0.481 e. The van der Waals surface area contributed by atoms with Gasteiger partial charge in [0.2, 0.25) is 0 Å². The van der Waals surface area contributed by atoms with Gasteiger partial charge in [0.25, 0.3) is 0 Å². The first-order chi connectivity index (χ1) is 9.49. The monoisotopic (exact) mass is 304 g/mol. The maximum absolute atomic E-state index is 12.2. The maximum atomic E-state index is 12.2. The van der Waals surface area contributed by atoms with Crippen LogP contribution in [0.2, 0.25) is 0 Å². The Morgan fingerprint density at radius 2 is 1.60 bits per heavy atom. The second-order valence-electron chi connectivity index (χ2n) is 3.73. The van der Waals surface area contributed by atoms with Crippen molar-refractivity contribution < 1.29 is 23.5 Å². The van der Waals surface area contributed by atoms with Gasteiger partial charge >= 0.3 is 13.6 Å². The van der Waals surface area contributed by atoms with Gasteiger partial charge in [-0.05, 0) is 13.8 Å². The Balaban J connectivity index is 2.67. The number of carbonyl (C=O) groups is 1. The Morgan fingerprint density at radius 1 is 1.10 bits per heavy atom. The van der Waals surface area contributed by atoms with Crippen LogP contribution >= 0.6 is 7.60 Å². The third-order valence-electron chi connectivity index (χ3n) is 2.11. The highest BCUT2D eigenvalue weighted by atomic mass is 31.2. The van der Waals surface area contributed by atoms with E-state index in [2.05, 4.69) is 20.4 Å². The number of carboxylic acids is 1. The van der Waals surface area contributed by atoms with Crippen LogP contribution in [0.15, 0.2) is 0 Å². The number of aryl methyl sites for hydroxylation is 1. The second-order valence-corrected chi connectivity index (χ2v) is 5.79. The second kappa shape index (κ2) is 7.98. The van der Waals surface area contributed by atoms with Crippen molar-refractivity contribution in [2.75, 3.05) is 13.2 Å². The number of nitrogens with zero attached hydrogens (tertiary/aromatic N) is 4. The molecular formula is C10H17N4O5P. The first-order valence-corrected chi connectivity index (χ1v) is 7.87. The molecule has 1 rings (SSSR count). The molecule has 1 N–H and O–H groups in total. The fourth-order valence-corrected chi connectivity index (χ4v) is 2.86. The molecule has 0 aromatic carbocycles. The fourth-order valence-electron chi connectivity index (χ4n) is 1.35. The molecule has 1 aromatic rings. The molecule has 0 unspecified atom stereocenters. The maximum Gasteiger partial charge on any atom is 0.338 e. The zero-order chi connectivity index (χ0) is 15.0. The molecule has 0 spiro atoms. The molecule has 0 atom stereocenters. The van der Waals surface area contributed by atoms with Crippen molar-refractivity contribution in [1.29, 1.82) is 0 Å². The summed E-state index contributed by atoms with van der Waals surface area (Å²) in [6, 6.07) is 0. The summed E-state index contributed by atoms with van der Waals surface area (Å²) < 4.78 is 22.4. The lowest BCUT2D eigenvalue weighted by Gasteiger charge is -2.15. The predicted molar refractivity (Wildman–Crippen MR) is 68.1 cm³/mol. The molecule has 9 nitrogen and oxygen atoms in total. The zero-order valence-corrected chi connectivity index (χ0v) is 12.2. The molecule has 0 saturated heterocycles. The quantitative estimate of drug-likeness (QED) is 0.666. The summed E-state index contributed by atoms with van der Waals surface area (Å²) in [6.45, 7) is 3.90. The van der Waals surface area contributed by atoms with E-state index in [1.807, 2.05) is 0 Å². The van der Waals surface area contributed by atoms with Crippen molar-refractivity contribution in [2.24, 2.45) is 0 Å². The molecule has 10 heteroatoms. The molecule has 0 aliphatic rings. The van der Waals surface area contributed by atoms with Crippen molar-refractivity contribution in [2.45, 2.75) is 32.9 Å². The minimum absolute atomic E-state index is 0.0981. The molecule has 0 fully saturated rings. The van der Waals surface area contributed by atoms with Crippen LogP contribution in [0, 0.1) is 0 Å². The summed E-state index contributed by atoms with van der Waals surface area (Å²) in [5.74, 6) is -0.594. The van der Waals surface area contributed by atoms with E-state index < -0.39 is 13.6 Å². The Labute approximate surface area is 116 Å². The van der Waals surface area contributed by atoms with Crippen LogP contribution in [0.4, 0.5) is 0 Å². The molecule has 0 bridgehead atoms. The van der Waals surface area contributed by atoms with E-state index in [0.29, 0.717) is 0 Å². The summed E-state index contributed by atoms with van der Waals surface area (Å²) >= 11 is 0. The van der Waals surface area contributed by atoms with Gasteiger partial charge in [-0.1, -0.05) is 0 Å². The molecule has 20 heavy (non-hydrogen) atoms. The standard InChI is InChI=1S/C10H17N4O5P/c1-3-18-20(17,19-4-2)7-9-13-11-8(12-14-9)5-6-10(15)16/h3-7H2,1-2H3,(H,15,16). The molecule has 0 saturated carbocycles. The fraction of sp³-hybridized carbons (Fsp3) is 0.700. The summed E-state index contributed by atoms with van der Waals surface area (Å²) in [5.41, 5.74) is 0. The summed E-state index contributed by atoms with van der Waals surface area (Å²) in [7, 11) is -3.29. The van der Waals surface area contributed by atoms with E-state index >= 15 is 0 Å². The van der Waals surface area contributed by atoms with E-state index in [1.54, 1.807) is 13.8 Å². The van der Waals surface area contributed by atoms with Crippen molar-refractivity contribution >= 4 is 13.6 Å². The minimum atomic E-state index is -3.29. The van der Waals surface area contributed by atoms with Gasteiger partial charge in [-0.2, -0.15) is 0 Å². The Morgan fingerprint density at radius 3 is 2.05 bits per heavy atom. The third kappa shape index (κ3) is 5.68. The Bertz CT molecular complexity index is 471. The van der Waals surface area contributed by atoms with Gasteiger partial charge in [0.15, 0.2) is 11.6 Å². The molecule has 1 aromatic heterocycles. The van der Waals surface area contributed by atoms with Crippen LogP contribution in [0.25, 0.3) is 0 Å². The van der Waals surface area contributed by atoms with Crippen LogP contribution < -0.4 is 0 Å². The zero-order valence-electron chi connectivity index (χ0n) is 11.4. The highest BCUT2D eigenvalue weighted by molar-refractivity contribution is 7.53. The first kappa shape index (κ1) is 16.6. The average molecular weight is 304 g/mol. The number of aliphatic carboxylic acids is 1. The van der Waals surface area contributed by atoms with Crippen molar-refractivity contribution in [3.8, 4) is 0 Å². The van der Waals surface area contributed by atoms with Crippen molar-refractivity contribution in [3.63, 3.8) is 0 Å². The molecule has 0 amide bonds. The van der Waals surface area contributed by atoms with Crippen molar-refractivity contribution in [3.05, 3.63) is 11.6 Å². The number of rotatable bonds is 9. The van der Waals surface area contributed by atoms with E-state index in [0.717, 1.165) is 0 Å². The molecular weight excluding hydrogens is 287 g/mol. The Hall–Kier alpha value is -1.44. The van der Waals surface area contributed by atoms with Gasteiger partial charge in [0, 0.05) is 6.42 Å². The lowest BCUT2D eigenvalue weighted by atomic mass is 10.3. The Kier molecular flexibility index (Phi) is 6.63. The predicted octanol–water partition coefficient (Wildman–Crippen LogP) is 1.05. The molecule has 1 heterocycles. The van der Waals surface area contributed by atoms with Crippen LogP contribution in [0.5, 0.6) is 0 Å². The van der Waals surface area contributed by atoms with E-state index in [-0.39, 0.29) is 43.9 Å². The van der Waals surface area contributed by atoms with Gasteiger partial charge in [0.1, 0.15) is 6.16 Å². The smallest absolute Gasteiger partial charge is 0.338 e. The van der Waals surface area contributed by atoms with Gasteiger partial charge in [0.05, 0.1) is 19.6 Å². The normalized spacial score (nSPS) is 11.5. The van der Waals surface area contributed by atoms with E-state index in [4.69, 9.17) is 14.2 Å². The molecule has 0 radical (unpaired) electrons. The van der Waals surface area contributed by atoms with Gasteiger partial charge in [-0.15, -0.1) is 20.4 Å². The molecule has 112 valence electrons. The summed E-state index contributed by atoms with van der Waals surface area (Å²) in [6.07, 6.45) is -0.0722. The average Bonchev–Trinajstić information content (AvgIpc) is 2.38. The van der Waals surface area contributed by atoms with Crippen LogP contribution in [-0.2, 0) is 31.0 Å². The van der Waals surface area contributed by atoms with Gasteiger partial charge < -0.3 is 14.2 Å². The highest BCUT2D eigenvalue weighted by Gasteiger charge is 2.26.